The van der Waals surface area contributed by atoms with Gasteiger partial charge >= 0.3 is 5.97 Å². The van der Waals surface area contributed by atoms with Crippen LogP contribution in [0, 0.1) is 5.82 Å². The number of rotatable bonds is 3. The Morgan fingerprint density at radius 1 is 1.08 bits per heavy atom. The standard InChI is InChI=1S/C21H20FNO3/c22-16-8-5-13(6-9-16)19-12-15-11-14(7-10-18(15)21(25)26-19)20(24)23-17-3-1-2-4-17/h5-11,17,19H,1-4,12H2,(H,23,24)/t19-/m0/s1. The molecule has 0 saturated heterocycles. The highest BCUT2D eigenvalue weighted by Crippen LogP contribution is 2.31. The summed E-state index contributed by atoms with van der Waals surface area (Å²) in [5.74, 6) is -0.845. The second-order valence-corrected chi connectivity index (χ2v) is 6.98. The maximum atomic E-state index is 13.1. The van der Waals surface area contributed by atoms with Crippen LogP contribution in [0.1, 0.15) is 63.6 Å². The molecule has 1 atom stereocenters. The van der Waals surface area contributed by atoms with Crippen molar-refractivity contribution in [3.63, 3.8) is 0 Å². The van der Waals surface area contributed by atoms with Crippen molar-refractivity contribution < 1.29 is 18.7 Å². The molecule has 1 aliphatic carbocycles. The lowest BCUT2D eigenvalue weighted by Gasteiger charge is -2.25. The highest BCUT2D eigenvalue weighted by atomic mass is 19.1. The second kappa shape index (κ2) is 6.90. The number of hydrogen-bond acceptors (Lipinski definition) is 3. The molecule has 1 N–H and O–H groups in total. The number of carbonyl (C=O) groups excluding carboxylic acids is 2. The average Bonchev–Trinajstić information content (AvgIpc) is 3.14. The number of benzene rings is 2. The van der Waals surface area contributed by atoms with Crippen LogP contribution in [-0.2, 0) is 11.2 Å². The number of hydrogen-bond donors (Lipinski definition) is 1. The summed E-state index contributed by atoms with van der Waals surface area (Å²) >= 11 is 0. The van der Waals surface area contributed by atoms with E-state index in [1.165, 1.54) is 12.1 Å². The zero-order valence-corrected chi connectivity index (χ0v) is 14.3. The highest BCUT2D eigenvalue weighted by molar-refractivity contribution is 5.98. The maximum absolute atomic E-state index is 13.1. The van der Waals surface area contributed by atoms with E-state index in [0.717, 1.165) is 36.8 Å². The van der Waals surface area contributed by atoms with Crippen molar-refractivity contribution in [2.75, 3.05) is 0 Å². The zero-order chi connectivity index (χ0) is 18.1. The van der Waals surface area contributed by atoms with E-state index < -0.39 is 12.1 Å². The fourth-order valence-electron chi connectivity index (χ4n) is 3.74. The van der Waals surface area contributed by atoms with Crippen molar-refractivity contribution in [1.82, 2.24) is 5.32 Å². The zero-order valence-electron chi connectivity index (χ0n) is 14.3. The van der Waals surface area contributed by atoms with E-state index in [-0.39, 0.29) is 17.8 Å². The van der Waals surface area contributed by atoms with Gasteiger partial charge in [0, 0.05) is 18.0 Å². The number of amides is 1. The van der Waals surface area contributed by atoms with Gasteiger partial charge in [-0.15, -0.1) is 0 Å². The van der Waals surface area contributed by atoms with E-state index in [9.17, 15) is 14.0 Å². The van der Waals surface area contributed by atoms with Gasteiger partial charge in [-0.3, -0.25) is 4.79 Å². The molecule has 0 radical (unpaired) electrons. The lowest BCUT2D eigenvalue weighted by molar-refractivity contribution is 0.0252. The fraction of sp³-hybridized carbons (Fsp3) is 0.333. The molecule has 4 nitrogen and oxygen atoms in total. The van der Waals surface area contributed by atoms with Gasteiger partial charge in [0.25, 0.3) is 5.91 Å². The molecule has 1 heterocycles. The van der Waals surface area contributed by atoms with Gasteiger partial charge in [0.15, 0.2) is 0 Å². The van der Waals surface area contributed by atoms with Gasteiger partial charge in [0.05, 0.1) is 5.56 Å². The smallest absolute Gasteiger partial charge is 0.339 e. The van der Waals surface area contributed by atoms with E-state index in [2.05, 4.69) is 5.32 Å². The number of halogens is 1. The van der Waals surface area contributed by atoms with Crippen LogP contribution in [0.5, 0.6) is 0 Å². The van der Waals surface area contributed by atoms with Crippen LogP contribution < -0.4 is 5.32 Å². The molecule has 4 rings (SSSR count). The van der Waals surface area contributed by atoms with Gasteiger partial charge in [0.2, 0.25) is 0 Å². The van der Waals surface area contributed by atoms with Crippen LogP contribution in [0.25, 0.3) is 0 Å². The minimum atomic E-state index is -0.469. The molecule has 0 spiro atoms. The summed E-state index contributed by atoms with van der Waals surface area (Å²) in [4.78, 5) is 24.8. The van der Waals surface area contributed by atoms with Crippen LogP contribution in [0.3, 0.4) is 0 Å². The first kappa shape index (κ1) is 16.8. The summed E-state index contributed by atoms with van der Waals surface area (Å²) in [6, 6.07) is 11.3. The van der Waals surface area contributed by atoms with Crippen molar-refractivity contribution in [1.29, 1.82) is 0 Å². The van der Waals surface area contributed by atoms with Crippen molar-refractivity contribution in [3.05, 3.63) is 70.5 Å². The molecule has 1 amide bonds. The molecule has 26 heavy (non-hydrogen) atoms. The normalized spacial score (nSPS) is 19.7. The molecule has 1 saturated carbocycles. The maximum Gasteiger partial charge on any atom is 0.339 e. The SMILES string of the molecule is O=C(NC1CCCC1)c1ccc2c(c1)C[C@@H](c1ccc(F)cc1)OC2=O. The summed E-state index contributed by atoms with van der Waals surface area (Å²) in [7, 11) is 0. The van der Waals surface area contributed by atoms with Crippen LogP contribution >= 0.6 is 0 Å². The van der Waals surface area contributed by atoms with Crippen LogP contribution in [0.4, 0.5) is 4.39 Å². The lowest BCUT2D eigenvalue weighted by Crippen LogP contribution is -2.33. The molecule has 2 aromatic rings. The molecule has 1 fully saturated rings. The van der Waals surface area contributed by atoms with Crippen molar-refractivity contribution in [2.24, 2.45) is 0 Å². The summed E-state index contributed by atoms with van der Waals surface area (Å²) in [6.07, 6.45) is 4.35. The van der Waals surface area contributed by atoms with Crippen LogP contribution in [0.2, 0.25) is 0 Å². The quantitative estimate of drug-likeness (QED) is 0.850. The minimum Gasteiger partial charge on any atom is -0.454 e. The second-order valence-electron chi connectivity index (χ2n) is 6.98. The van der Waals surface area contributed by atoms with Gasteiger partial charge in [-0.2, -0.15) is 0 Å². The van der Waals surface area contributed by atoms with Crippen LogP contribution in [-0.4, -0.2) is 17.9 Å². The summed E-state index contributed by atoms with van der Waals surface area (Å²) in [5.41, 5.74) is 2.57. The third-order valence-corrected chi connectivity index (χ3v) is 5.17. The van der Waals surface area contributed by atoms with Gasteiger partial charge in [-0.05, 0) is 54.3 Å². The predicted molar refractivity (Wildman–Crippen MR) is 94.4 cm³/mol. The Kier molecular flexibility index (Phi) is 4.45. The molecular formula is C21H20FNO3. The van der Waals surface area contributed by atoms with E-state index in [1.807, 2.05) is 0 Å². The Morgan fingerprint density at radius 2 is 1.81 bits per heavy atom. The van der Waals surface area contributed by atoms with Crippen molar-refractivity contribution in [3.8, 4) is 0 Å². The number of nitrogens with one attached hydrogen (secondary N) is 1. The van der Waals surface area contributed by atoms with E-state index >= 15 is 0 Å². The third kappa shape index (κ3) is 3.34. The molecule has 2 aromatic carbocycles. The Bertz CT molecular complexity index is 841. The molecule has 0 bridgehead atoms. The van der Waals surface area contributed by atoms with Gasteiger partial charge in [0.1, 0.15) is 11.9 Å². The molecule has 5 heteroatoms. The number of fused-ring (bicyclic) bond motifs is 1. The fourth-order valence-corrected chi connectivity index (χ4v) is 3.74. The monoisotopic (exact) mass is 353 g/mol. The van der Waals surface area contributed by atoms with Crippen LogP contribution in [0.15, 0.2) is 42.5 Å². The lowest BCUT2D eigenvalue weighted by atomic mass is 9.93. The molecular weight excluding hydrogens is 333 g/mol. The van der Waals surface area contributed by atoms with E-state index in [4.69, 9.17) is 4.74 Å². The summed E-state index contributed by atoms with van der Waals surface area (Å²) in [6.45, 7) is 0. The molecule has 0 aromatic heterocycles. The third-order valence-electron chi connectivity index (χ3n) is 5.17. The molecule has 0 unspecified atom stereocenters. The first-order valence-electron chi connectivity index (χ1n) is 9.00. The van der Waals surface area contributed by atoms with Crippen molar-refractivity contribution in [2.45, 2.75) is 44.2 Å². The van der Waals surface area contributed by atoms with Gasteiger partial charge in [-0.1, -0.05) is 25.0 Å². The number of carbonyl (C=O) groups is 2. The van der Waals surface area contributed by atoms with Gasteiger partial charge < -0.3 is 10.1 Å². The minimum absolute atomic E-state index is 0.100. The Labute approximate surface area is 151 Å². The molecule has 1 aliphatic heterocycles. The first-order chi connectivity index (χ1) is 12.6. The molecule has 134 valence electrons. The average molecular weight is 353 g/mol. The number of cyclic esters (lactones) is 1. The Balaban J connectivity index is 1.56. The Morgan fingerprint density at radius 3 is 2.54 bits per heavy atom. The number of ether oxygens (including phenoxy) is 1. The van der Waals surface area contributed by atoms with Crippen molar-refractivity contribution >= 4 is 11.9 Å². The number of esters is 1. The summed E-state index contributed by atoms with van der Waals surface area (Å²) < 4.78 is 18.6. The topological polar surface area (TPSA) is 55.4 Å². The largest absolute Gasteiger partial charge is 0.454 e. The van der Waals surface area contributed by atoms with E-state index in [0.29, 0.717) is 17.5 Å². The highest BCUT2D eigenvalue weighted by Gasteiger charge is 2.28. The Hall–Kier alpha value is -2.69. The predicted octanol–water partition coefficient (Wildman–Crippen LogP) is 3.95. The van der Waals surface area contributed by atoms with E-state index in [1.54, 1.807) is 30.3 Å². The first-order valence-corrected chi connectivity index (χ1v) is 9.00. The summed E-state index contributed by atoms with van der Waals surface area (Å²) in [5, 5.41) is 3.07. The van der Waals surface area contributed by atoms with Gasteiger partial charge in [-0.25, -0.2) is 9.18 Å². The molecule has 2 aliphatic rings.